The second-order valence-corrected chi connectivity index (χ2v) is 5.43. The molecule has 0 fully saturated rings. The Morgan fingerprint density at radius 2 is 1.79 bits per heavy atom. The molecule has 0 radical (unpaired) electrons. The van der Waals surface area contributed by atoms with E-state index in [-0.39, 0.29) is 18.4 Å². The molecule has 2 aromatic rings. The van der Waals surface area contributed by atoms with Crippen molar-refractivity contribution < 1.29 is 14.3 Å². The lowest BCUT2D eigenvalue weighted by Gasteiger charge is -2.09. The normalized spacial score (nSPS) is 10.1. The van der Waals surface area contributed by atoms with E-state index in [1.165, 1.54) is 0 Å². The first kappa shape index (κ1) is 17.8. The molecule has 0 spiro atoms. The maximum absolute atomic E-state index is 11.9. The van der Waals surface area contributed by atoms with Crippen LogP contribution in [-0.4, -0.2) is 25.0 Å². The van der Waals surface area contributed by atoms with Crippen molar-refractivity contribution in [2.75, 3.05) is 18.5 Å². The summed E-state index contributed by atoms with van der Waals surface area (Å²) in [5.41, 5.74) is 2.09. The average molecular weight is 347 g/mol. The highest BCUT2D eigenvalue weighted by atomic mass is 35.5. The van der Waals surface area contributed by atoms with Crippen molar-refractivity contribution in [3.05, 3.63) is 64.7 Å². The number of carbonyl (C=O) groups is 2. The van der Waals surface area contributed by atoms with Gasteiger partial charge < -0.3 is 15.4 Å². The molecular weight excluding hydrogens is 328 g/mol. The molecule has 6 heteroatoms. The Labute approximate surface area is 146 Å². The van der Waals surface area contributed by atoms with Gasteiger partial charge in [0.2, 0.25) is 5.91 Å². The summed E-state index contributed by atoms with van der Waals surface area (Å²) in [6, 6.07) is 14.1. The highest BCUT2D eigenvalue weighted by molar-refractivity contribution is 6.31. The van der Waals surface area contributed by atoms with Crippen LogP contribution < -0.4 is 10.6 Å². The molecule has 126 valence electrons. The monoisotopic (exact) mass is 346 g/mol. The zero-order chi connectivity index (χ0) is 17.4. The van der Waals surface area contributed by atoms with Crippen LogP contribution in [0.1, 0.15) is 22.8 Å². The molecule has 0 heterocycles. The second-order valence-electron chi connectivity index (χ2n) is 5.02. The number of rotatable bonds is 7. The van der Waals surface area contributed by atoms with Crippen LogP contribution in [-0.2, 0) is 16.1 Å². The fourth-order valence-electron chi connectivity index (χ4n) is 2.02. The molecule has 0 saturated carbocycles. The van der Waals surface area contributed by atoms with Crippen molar-refractivity contribution in [3.8, 4) is 0 Å². The summed E-state index contributed by atoms with van der Waals surface area (Å²) in [5.74, 6) is -0.508. The Bertz CT molecular complexity index is 702. The van der Waals surface area contributed by atoms with Gasteiger partial charge in [0.15, 0.2) is 0 Å². The first-order valence-corrected chi connectivity index (χ1v) is 7.99. The van der Waals surface area contributed by atoms with Crippen LogP contribution >= 0.6 is 11.6 Å². The van der Waals surface area contributed by atoms with E-state index in [4.69, 9.17) is 16.3 Å². The zero-order valence-corrected chi connectivity index (χ0v) is 14.1. The maximum Gasteiger partial charge on any atom is 0.338 e. The smallest absolute Gasteiger partial charge is 0.338 e. The van der Waals surface area contributed by atoms with Gasteiger partial charge in [0.25, 0.3) is 0 Å². The Hall–Kier alpha value is -2.53. The minimum Gasteiger partial charge on any atom is -0.462 e. The molecule has 0 aliphatic heterocycles. The molecule has 5 nitrogen and oxygen atoms in total. The highest BCUT2D eigenvalue weighted by Crippen LogP contribution is 2.14. The van der Waals surface area contributed by atoms with Gasteiger partial charge in [-0.25, -0.2) is 4.79 Å². The van der Waals surface area contributed by atoms with Crippen LogP contribution in [0, 0.1) is 0 Å². The molecule has 2 aromatic carbocycles. The SMILES string of the molecule is CCOC(=O)c1ccc(NCC(=O)NCc2ccccc2Cl)cc1. The summed E-state index contributed by atoms with van der Waals surface area (Å²) in [5, 5.41) is 6.42. The van der Waals surface area contributed by atoms with Crippen molar-refractivity contribution in [3.63, 3.8) is 0 Å². The van der Waals surface area contributed by atoms with E-state index in [1.54, 1.807) is 37.3 Å². The second kappa shape index (κ2) is 8.93. The van der Waals surface area contributed by atoms with Crippen molar-refractivity contribution in [2.45, 2.75) is 13.5 Å². The largest absolute Gasteiger partial charge is 0.462 e. The summed E-state index contributed by atoms with van der Waals surface area (Å²) in [7, 11) is 0. The fraction of sp³-hybridized carbons (Fsp3) is 0.222. The Morgan fingerprint density at radius 3 is 2.46 bits per heavy atom. The molecule has 2 rings (SSSR count). The third kappa shape index (κ3) is 5.28. The summed E-state index contributed by atoms with van der Waals surface area (Å²) in [6.45, 7) is 2.60. The number of nitrogens with one attached hydrogen (secondary N) is 2. The first-order chi connectivity index (χ1) is 11.6. The fourth-order valence-corrected chi connectivity index (χ4v) is 2.22. The van der Waals surface area contributed by atoms with Gasteiger partial charge in [-0.2, -0.15) is 0 Å². The van der Waals surface area contributed by atoms with Crippen molar-refractivity contribution in [1.29, 1.82) is 0 Å². The summed E-state index contributed by atoms with van der Waals surface area (Å²) in [4.78, 5) is 23.4. The van der Waals surface area contributed by atoms with Crippen LogP contribution in [0.4, 0.5) is 5.69 Å². The predicted octanol–water partition coefficient (Wildman–Crippen LogP) is 3.25. The van der Waals surface area contributed by atoms with Crippen LogP contribution in [0.25, 0.3) is 0 Å². The number of hydrogen-bond acceptors (Lipinski definition) is 4. The average Bonchev–Trinajstić information content (AvgIpc) is 2.60. The highest BCUT2D eigenvalue weighted by Gasteiger charge is 2.07. The van der Waals surface area contributed by atoms with Crippen molar-refractivity contribution in [2.24, 2.45) is 0 Å². The van der Waals surface area contributed by atoms with Crippen LogP contribution in [0.2, 0.25) is 5.02 Å². The lowest BCUT2D eigenvalue weighted by molar-refractivity contribution is -0.119. The standard InChI is InChI=1S/C18H19ClN2O3/c1-2-24-18(23)13-7-9-15(10-8-13)20-12-17(22)21-11-14-5-3-4-6-16(14)19/h3-10,20H,2,11-12H2,1H3,(H,21,22). The third-order valence-corrected chi connectivity index (χ3v) is 3.65. The molecule has 1 amide bonds. The van der Waals surface area contributed by atoms with E-state index >= 15 is 0 Å². The molecule has 0 aliphatic rings. The van der Waals surface area contributed by atoms with Gasteiger partial charge in [0, 0.05) is 17.3 Å². The van der Waals surface area contributed by atoms with E-state index in [0.717, 1.165) is 11.3 Å². The molecule has 24 heavy (non-hydrogen) atoms. The Morgan fingerprint density at radius 1 is 1.08 bits per heavy atom. The number of carbonyl (C=O) groups excluding carboxylic acids is 2. The van der Waals surface area contributed by atoms with Gasteiger partial charge in [-0.3, -0.25) is 4.79 Å². The first-order valence-electron chi connectivity index (χ1n) is 7.61. The maximum atomic E-state index is 11.9. The molecule has 2 N–H and O–H groups in total. The van der Waals surface area contributed by atoms with Crippen LogP contribution in [0.15, 0.2) is 48.5 Å². The van der Waals surface area contributed by atoms with Gasteiger partial charge in [0.1, 0.15) is 0 Å². The van der Waals surface area contributed by atoms with E-state index in [0.29, 0.717) is 23.7 Å². The quantitative estimate of drug-likeness (QED) is 0.755. The Balaban J connectivity index is 1.79. The molecule has 0 unspecified atom stereocenters. The molecule has 0 atom stereocenters. The van der Waals surface area contributed by atoms with Gasteiger partial charge in [-0.15, -0.1) is 0 Å². The number of hydrogen-bond donors (Lipinski definition) is 2. The third-order valence-electron chi connectivity index (χ3n) is 3.28. The topological polar surface area (TPSA) is 67.4 Å². The van der Waals surface area contributed by atoms with Crippen molar-refractivity contribution >= 4 is 29.2 Å². The van der Waals surface area contributed by atoms with Gasteiger partial charge in [-0.05, 0) is 42.8 Å². The predicted molar refractivity (Wildman–Crippen MR) is 94.2 cm³/mol. The number of esters is 1. The summed E-state index contributed by atoms with van der Waals surface area (Å²) >= 11 is 6.04. The number of anilines is 1. The van der Waals surface area contributed by atoms with E-state index in [9.17, 15) is 9.59 Å². The lowest BCUT2D eigenvalue weighted by atomic mass is 10.2. The number of halogens is 1. The molecule has 0 saturated heterocycles. The molecule has 0 bridgehead atoms. The van der Waals surface area contributed by atoms with E-state index in [2.05, 4.69) is 10.6 Å². The van der Waals surface area contributed by atoms with Gasteiger partial charge in [-0.1, -0.05) is 29.8 Å². The zero-order valence-electron chi connectivity index (χ0n) is 13.3. The Kier molecular flexibility index (Phi) is 6.63. The van der Waals surface area contributed by atoms with Crippen LogP contribution in [0.5, 0.6) is 0 Å². The minimum atomic E-state index is -0.360. The summed E-state index contributed by atoms with van der Waals surface area (Å²) in [6.07, 6.45) is 0. The van der Waals surface area contributed by atoms with Crippen LogP contribution in [0.3, 0.4) is 0 Å². The summed E-state index contributed by atoms with van der Waals surface area (Å²) < 4.78 is 4.92. The number of ether oxygens (including phenoxy) is 1. The number of amides is 1. The van der Waals surface area contributed by atoms with Crippen molar-refractivity contribution in [1.82, 2.24) is 5.32 Å². The van der Waals surface area contributed by atoms with Gasteiger partial charge in [0.05, 0.1) is 18.7 Å². The molecule has 0 aromatic heterocycles. The lowest BCUT2D eigenvalue weighted by Crippen LogP contribution is -2.29. The molecular formula is C18H19ClN2O3. The van der Waals surface area contributed by atoms with Gasteiger partial charge >= 0.3 is 5.97 Å². The minimum absolute atomic E-state index is 0.128. The number of benzene rings is 2. The molecule has 0 aliphatic carbocycles. The van der Waals surface area contributed by atoms with E-state index in [1.807, 2.05) is 18.2 Å². The van der Waals surface area contributed by atoms with E-state index < -0.39 is 0 Å².